The van der Waals surface area contributed by atoms with E-state index in [2.05, 4.69) is 5.32 Å². The summed E-state index contributed by atoms with van der Waals surface area (Å²) in [7, 11) is 0. The highest BCUT2D eigenvalue weighted by Crippen LogP contribution is 2.22. The lowest BCUT2D eigenvalue weighted by Gasteiger charge is -2.26. The summed E-state index contributed by atoms with van der Waals surface area (Å²) in [5, 5.41) is 2.91. The second-order valence-corrected chi connectivity index (χ2v) is 6.55. The molecule has 0 atom stereocenters. The Balaban J connectivity index is 1.47. The number of benzene rings is 3. The van der Waals surface area contributed by atoms with Gasteiger partial charge in [0.15, 0.2) is 0 Å². The zero-order chi connectivity index (χ0) is 19.3. The predicted octanol–water partition coefficient (Wildman–Crippen LogP) is 3.97. The Morgan fingerprint density at radius 2 is 1.64 bits per heavy atom. The maximum Gasteiger partial charge on any atom is 0.255 e. The van der Waals surface area contributed by atoms with Crippen LogP contribution in [0.15, 0.2) is 78.9 Å². The molecule has 2 amide bonds. The zero-order valence-electron chi connectivity index (χ0n) is 15.3. The van der Waals surface area contributed by atoms with Crippen LogP contribution in [0.5, 0.6) is 0 Å². The highest BCUT2D eigenvalue weighted by Gasteiger charge is 2.20. The van der Waals surface area contributed by atoms with Crippen molar-refractivity contribution in [2.24, 2.45) is 0 Å². The summed E-state index contributed by atoms with van der Waals surface area (Å²) in [6.45, 7) is 1.18. The van der Waals surface area contributed by atoms with Crippen LogP contribution in [0.2, 0.25) is 0 Å². The standard InChI is InChI=1S/C23H20N2O3/c26-22-16-28-14-13-25(22)21-11-9-20(10-12-21)24-23(27)19-8-4-7-18(15-19)17-5-2-1-3-6-17/h1-12,15H,13-14,16H2,(H,24,27). The van der Waals surface area contributed by atoms with Gasteiger partial charge in [0, 0.05) is 23.5 Å². The van der Waals surface area contributed by atoms with E-state index in [-0.39, 0.29) is 18.4 Å². The molecular weight excluding hydrogens is 352 g/mol. The summed E-state index contributed by atoms with van der Waals surface area (Å²) in [4.78, 5) is 26.3. The van der Waals surface area contributed by atoms with Gasteiger partial charge in [0.1, 0.15) is 6.61 Å². The fourth-order valence-corrected chi connectivity index (χ4v) is 3.19. The summed E-state index contributed by atoms with van der Waals surface area (Å²) in [5.74, 6) is -0.228. The third-order valence-corrected chi connectivity index (χ3v) is 4.65. The SMILES string of the molecule is O=C(Nc1ccc(N2CCOCC2=O)cc1)c1cccc(-c2ccccc2)c1. The Labute approximate surface area is 163 Å². The van der Waals surface area contributed by atoms with Crippen molar-refractivity contribution < 1.29 is 14.3 Å². The molecular formula is C23H20N2O3. The molecule has 5 nitrogen and oxygen atoms in total. The molecule has 0 aliphatic carbocycles. The molecule has 0 radical (unpaired) electrons. The van der Waals surface area contributed by atoms with Crippen molar-refractivity contribution in [3.63, 3.8) is 0 Å². The van der Waals surface area contributed by atoms with Crippen molar-refractivity contribution in [3.05, 3.63) is 84.4 Å². The second kappa shape index (κ2) is 8.06. The van der Waals surface area contributed by atoms with E-state index in [0.717, 1.165) is 16.8 Å². The summed E-state index contributed by atoms with van der Waals surface area (Å²) < 4.78 is 5.15. The average molecular weight is 372 g/mol. The van der Waals surface area contributed by atoms with Gasteiger partial charge < -0.3 is 15.0 Å². The summed E-state index contributed by atoms with van der Waals surface area (Å²) in [5.41, 5.74) is 4.14. The molecule has 0 unspecified atom stereocenters. The number of carbonyl (C=O) groups excluding carboxylic acids is 2. The van der Waals surface area contributed by atoms with E-state index in [1.165, 1.54) is 0 Å². The summed E-state index contributed by atoms with van der Waals surface area (Å²) in [6.07, 6.45) is 0. The predicted molar refractivity (Wildman–Crippen MR) is 109 cm³/mol. The molecule has 0 saturated carbocycles. The molecule has 1 aliphatic rings. The highest BCUT2D eigenvalue weighted by atomic mass is 16.5. The fourth-order valence-electron chi connectivity index (χ4n) is 3.19. The van der Waals surface area contributed by atoms with E-state index < -0.39 is 0 Å². The molecule has 0 aromatic heterocycles. The Morgan fingerprint density at radius 1 is 0.893 bits per heavy atom. The van der Waals surface area contributed by atoms with Gasteiger partial charge in [-0.15, -0.1) is 0 Å². The molecule has 28 heavy (non-hydrogen) atoms. The van der Waals surface area contributed by atoms with Crippen LogP contribution in [-0.2, 0) is 9.53 Å². The summed E-state index contributed by atoms with van der Waals surface area (Å²) in [6, 6.07) is 24.8. The minimum Gasteiger partial charge on any atom is -0.370 e. The Morgan fingerprint density at radius 3 is 2.39 bits per heavy atom. The lowest BCUT2D eigenvalue weighted by Crippen LogP contribution is -2.41. The summed E-state index contributed by atoms with van der Waals surface area (Å²) >= 11 is 0. The Bertz CT molecular complexity index is 984. The number of rotatable bonds is 4. The van der Waals surface area contributed by atoms with Crippen LogP contribution in [0, 0.1) is 0 Å². The number of nitrogens with one attached hydrogen (secondary N) is 1. The molecule has 0 spiro atoms. The largest absolute Gasteiger partial charge is 0.370 e. The van der Waals surface area contributed by atoms with Crippen molar-refractivity contribution >= 4 is 23.2 Å². The molecule has 0 bridgehead atoms. The van der Waals surface area contributed by atoms with Gasteiger partial charge in [-0.3, -0.25) is 9.59 Å². The van der Waals surface area contributed by atoms with Gasteiger partial charge in [0.25, 0.3) is 11.8 Å². The second-order valence-electron chi connectivity index (χ2n) is 6.55. The number of ether oxygens (including phenoxy) is 1. The van der Waals surface area contributed by atoms with E-state index in [4.69, 9.17) is 4.74 Å². The quantitative estimate of drug-likeness (QED) is 0.754. The molecule has 1 saturated heterocycles. The van der Waals surface area contributed by atoms with Crippen molar-refractivity contribution in [1.29, 1.82) is 0 Å². The lowest BCUT2D eigenvalue weighted by atomic mass is 10.0. The Kier molecular flexibility index (Phi) is 5.17. The number of anilines is 2. The van der Waals surface area contributed by atoms with Crippen LogP contribution in [0.1, 0.15) is 10.4 Å². The molecule has 4 rings (SSSR count). The van der Waals surface area contributed by atoms with Gasteiger partial charge >= 0.3 is 0 Å². The average Bonchev–Trinajstić information content (AvgIpc) is 2.75. The first-order valence-corrected chi connectivity index (χ1v) is 9.16. The molecule has 1 aliphatic heterocycles. The van der Waals surface area contributed by atoms with E-state index >= 15 is 0 Å². The lowest BCUT2D eigenvalue weighted by molar-refractivity contribution is -0.125. The van der Waals surface area contributed by atoms with Gasteiger partial charge in [0.2, 0.25) is 0 Å². The number of morpholine rings is 1. The molecule has 1 heterocycles. The maximum absolute atomic E-state index is 12.6. The number of nitrogens with zero attached hydrogens (tertiary/aromatic N) is 1. The molecule has 1 fully saturated rings. The van der Waals surface area contributed by atoms with Crippen LogP contribution in [0.4, 0.5) is 11.4 Å². The van der Waals surface area contributed by atoms with Crippen molar-refractivity contribution in [3.8, 4) is 11.1 Å². The first-order valence-electron chi connectivity index (χ1n) is 9.16. The normalized spacial score (nSPS) is 14.0. The molecule has 140 valence electrons. The van der Waals surface area contributed by atoms with Crippen molar-refractivity contribution in [2.45, 2.75) is 0 Å². The maximum atomic E-state index is 12.6. The number of hydrogen-bond acceptors (Lipinski definition) is 3. The van der Waals surface area contributed by atoms with Gasteiger partial charge in [-0.2, -0.15) is 0 Å². The van der Waals surface area contributed by atoms with Crippen molar-refractivity contribution in [2.75, 3.05) is 30.0 Å². The minimum absolute atomic E-state index is 0.0548. The number of amides is 2. The molecule has 1 N–H and O–H groups in total. The monoisotopic (exact) mass is 372 g/mol. The number of hydrogen-bond donors (Lipinski definition) is 1. The van der Waals surface area contributed by atoms with Crippen LogP contribution in [0.3, 0.4) is 0 Å². The van der Waals surface area contributed by atoms with Gasteiger partial charge in [-0.1, -0.05) is 42.5 Å². The topological polar surface area (TPSA) is 58.6 Å². The smallest absolute Gasteiger partial charge is 0.255 e. The van der Waals surface area contributed by atoms with E-state index in [1.807, 2.05) is 60.7 Å². The fraction of sp³-hybridized carbons (Fsp3) is 0.130. The van der Waals surface area contributed by atoms with Crippen LogP contribution >= 0.6 is 0 Å². The van der Waals surface area contributed by atoms with E-state index in [9.17, 15) is 9.59 Å². The Hall–Kier alpha value is -3.44. The van der Waals surface area contributed by atoms with Crippen LogP contribution in [0.25, 0.3) is 11.1 Å². The molecule has 3 aromatic carbocycles. The highest BCUT2D eigenvalue weighted by molar-refractivity contribution is 6.05. The first-order chi connectivity index (χ1) is 13.7. The van der Waals surface area contributed by atoms with Crippen LogP contribution in [-0.4, -0.2) is 31.6 Å². The third-order valence-electron chi connectivity index (χ3n) is 4.65. The van der Waals surface area contributed by atoms with Crippen molar-refractivity contribution in [1.82, 2.24) is 0 Å². The minimum atomic E-state index is -0.173. The van der Waals surface area contributed by atoms with Crippen LogP contribution < -0.4 is 10.2 Å². The number of carbonyl (C=O) groups is 2. The zero-order valence-corrected chi connectivity index (χ0v) is 15.3. The molecule has 5 heteroatoms. The molecule has 3 aromatic rings. The van der Waals surface area contributed by atoms with Gasteiger partial charge in [-0.05, 0) is 47.5 Å². The van der Waals surface area contributed by atoms with E-state index in [1.54, 1.807) is 23.1 Å². The van der Waals surface area contributed by atoms with Gasteiger partial charge in [-0.25, -0.2) is 0 Å². The first kappa shape index (κ1) is 17.9. The van der Waals surface area contributed by atoms with Gasteiger partial charge in [0.05, 0.1) is 6.61 Å². The third kappa shape index (κ3) is 3.94. The van der Waals surface area contributed by atoms with E-state index in [0.29, 0.717) is 24.4 Å².